The van der Waals surface area contributed by atoms with E-state index in [1.165, 1.54) is 6.20 Å². The molecule has 0 fully saturated rings. The number of anilines is 3. The van der Waals surface area contributed by atoms with E-state index in [4.69, 9.17) is 0 Å². The van der Waals surface area contributed by atoms with E-state index >= 15 is 0 Å². The molecule has 182 valence electrons. The average molecular weight is 475 g/mol. The van der Waals surface area contributed by atoms with Gasteiger partial charge >= 0.3 is 0 Å². The minimum atomic E-state index is -0.459. The Bertz CT molecular complexity index is 1300. The second-order valence-electron chi connectivity index (χ2n) is 8.81. The van der Waals surface area contributed by atoms with E-state index < -0.39 is 6.04 Å². The fourth-order valence-corrected chi connectivity index (χ4v) is 3.68. The van der Waals surface area contributed by atoms with E-state index in [-0.39, 0.29) is 36.1 Å². The molecule has 35 heavy (non-hydrogen) atoms. The summed E-state index contributed by atoms with van der Waals surface area (Å²) in [6.45, 7) is 7.70. The molecular formula is C25H30N8O2. The molecule has 0 aliphatic heterocycles. The van der Waals surface area contributed by atoms with Gasteiger partial charge in [0.1, 0.15) is 17.2 Å². The van der Waals surface area contributed by atoms with E-state index in [2.05, 4.69) is 49.8 Å². The summed E-state index contributed by atoms with van der Waals surface area (Å²) in [6, 6.07) is 11.1. The van der Waals surface area contributed by atoms with Gasteiger partial charge in [0.25, 0.3) is 5.91 Å². The number of hydrogen-bond donors (Lipinski definition) is 4. The Labute approximate surface area is 203 Å². The molecule has 0 aliphatic carbocycles. The highest BCUT2D eigenvalue weighted by Crippen LogP contribution is 2.24. The molecule has 4 aromatic rings. The van der Waals surface area contributed by atoms with Crippen molar-refractivity contribution >= 4 is 34.4 Å². The van der Waals surface area contributed by atoms with Gasteiger partial charge in [0.05, 0.1) is 24.4 Å². The second kappa shape index (κ2) is 10.5. The Morgan fingerprint density at radius 1 is 1.06 bits per heavy atom. The Hall–Kier alpha value is -4.05. The van der Waals surface area contributed by atoms with Crippen LogP contribution in [0.3, 0.4) is 0 Å². The Kier molecular flexibility index (Phi) is 7.21. The van der Waals surface area contributed by atoms with Crippen LogP contribution in [0.1, 0.15) is 55.7 Å². The van der Waals surface area contributed by atoms with Crippen LogP contribution in [0, 0.1) is 0 Å². The van der Waals surface area contributed by atoms with Crippen LogP contribution in [0.4, 0.5) is 17.6 Å². The molecule has 3 aromatic heterocycles. The zero-order valence-electron chi connectivity index (χ0n) is 20.2. The summed E-state index contributed by atoms with van der Waals surface area (Å²) in [6.07, 6.45) is 4.99. The largest absolute Gasteiger partial charge is 0.394 e. The van der Waals surface area contributed by atoms with Crippen molar-refractivity contribution < 1.29 is 9.90 Å². The maximum atomic E-state index is 12.8. The Balaban J connectivity index is 1.67. The number of hydrogen-bond acceptors (Lipinski definition) is 8. The normalized spacial score (nSPS) is 12.2. The monoisotopic (exact) mass is 474 g/mol. The van der Waals surface area contributed by atoms with Crippen molar-refractivity contribution in [2.75, 3.05) is 17.2 Å². The number of amides is 1. The topological polar surface area (TPSA) is 130 Å². The molecule has 0 saturated carbocycles. The molecule has 3 heterocycles. The van der Waals surface area contributed by atoms with Gasteiger partial charge in [0, 0.05) is 35.9 Å². The fraction of sp³-hybridized carbons (Fsp3) is 0.320. The number of carbonyl (C=O) groups is 1. The van der Waals surface area contributed by atoms with Crippen LogP contribution in [-0.2, 0) is 0 Å². The summed E-state index contributed by atoms with van der Waals surface area (Å²) < 4.78 is 1.92. The van der Waals surface area contributed by atoms with Gasteiger partial charge in [-0.15, -0.1) is 0 Å². The molecule has 0 unspecified atom stereocenters. The van der Waals surface area contributed by atoms with Gasteiger partial charge in [0.2, 0.25) is 5.95 Å². The van der Waals surface area contributed by atoms with Crippen LogP contribution in [0.5, 0.6) is 0 Å². The van der Waals surface area contributed by atoms with Gasteiger partial charge in [0.15, 0.2) is 0 Å². The lowest BCUT2D eigenvalue weighted by Crippen LogP contribution is -2.31. The molecule has 0 radical (unpaired) electrons. The summed E-state index contributed by atoms with van der Waals surface area (Å²) in [5, 5.41) is 24.6. The number of pyridine rings is 1. The molecule has 0 spiro atoms. The van der Waals surface area contributed by atoms with Gasteiger partial charge in [-0.1, -0.05) is 30.3 Å². The summed E-state index contributed by atoms with van der Waals surface area (Å²) in [7, 11) is 0. The lowest BCUT2D eigenvalue weighted by Gasteiger charge is -2.20. The van der Waals surface area contributed by atoms with E-state index in [0.717, 1.165) is 16.5 Å². The van der Waals surface area contributed by atoms with Crippen molar-refractivity contribution in [3.63, 3.8) is 0 Å². The average Bonchev–Trinajstić information content (AvgIpc) is 3.26. The first kappa shape index (κ1) is 24.1. The first-order valence-electron chi connectivity index (χ1n) is 11.6. The SMILES string of the molecule is CC(C)NC(=O)c1cnc(Nc2cc3c(cn2)cnn3C(C)C)nc1N[C@H](CO)c1ccccc1. The summed E-state index contributed by atoms with van der Waals surface area (Å²) in [4.78, 5) is 26.2. The summed E-state index contributed by atoms with van der Waals surface area (Å²) in [5.74, 6) is 0.809. The Morgan fingerprint density at radius 3 is 2.51 bits per heavy atom. The van der Waals surface area contributed by atoms with Gasteiger partial charge in [-0.05, 0) is 33.3 Å². The summed E-state index contributed by atoms with van der Waals surface area (Å²) >= 11 is 0. The number of fused-ring (bicyclic) bond motifs is 1. The molecule has 1 aromatic carbocycles. The highest BCUT2D eigenvalue weighted by Gasteiger charge is 2.20. The number of carbonyl (C=O) groups excluding carboxylic acids is 1. The summed E-state index contributed by atoms with van der Waals surface area (Å²) in [5.41, 5.74) is 2.08. The van der Waals surface area contributed by atoms with Crippen molar-refractivity contribution in [2.24, 2.45) is 0 Å². The van der Waals surface area contributed by atoms with Crippen LogP contribution < -0.4 is 16.0 Å². The standard InChI is InChI=1S/C25H30N8O2/c1-15(2)29-24(35)19-13-27-25(32-23(19)30-20(14-34)17-8-6-5-7-9-17)31-22-10-21-18(11-26-22)12-28-33(21)16(3)4/h5-13,15-16,20,34H,14H2,1-4H3,(H,29,35)(H2,26,27,30,31,32)/t20-/m1/s1. The minimum Gasteiger partial charge on any atom is -0.394 e. The van der Waals surface area contributed by atoms with Crippen LogP contribution in [0.2, 0.25) is 0 Å². The number of benzene rings is 1. The van der Waals surface area contributed by atoms with Crippen molar-refractivity contribution in [1.82, 2.24) is 30.0 Å². The molecule has 0 bridgehead atoms. The maximum absolute atomic E-state index is 12.8. The number of rotatable bonds is 9. The predicted octanol–water partition coefficient (Wildman–Crippen LogP) is 3.83. The molecule has 1 amide bonds. The highest BCUT2D eigenvalue weighted by molar-refractivity contribution is 5.98. The predicted molar refractivity (Wildman–Crippen MR) is 136 cm³/mol. The lowest BCUT2D eigenvalue weighted by atomic mass is 10.1. The smallest absolute Gasteiger partial charge is 0.256 e. The van der Waals surface area contributed by atoms with Crippen molar-refractivity contribution in [3.8, 4) is 0 Å². The Morgan fingerprint density at radius 2 is 1.83 bits per heavy atom. The van der Waals surface area contributed by atoms with Crippen molar-refractivity contribution in [1.29, 1.82) is 0 Å². The molecule has 4 N–H and O–H groups in total. The van der Waals surface area contributed by atoms with E-state index in [0.29, 0.717) is 11.6 Å². The molecule has 10 heteroatoms. The molecule has 4 rings (SSSR count). The maximum Gasteiger partial charge on any atom is 0.256 e. The van der Waals surface area contributed by atoms with Crippen LogP contribution in [0.25, 0.3) is 10.9 Å². The van der Waals surface area contributed by atoms with Crippen molar-refractivity contribution in [2.45, 2.75) is 45.8 Å². The first-order chi connectivity index (χ1) is 16.9. The van der Waals surface area contributed by atoms with Crippen LogP contribution in [0.15, 0.2) is 55.0 Å². The third-order valence-corrected chi connectivity index (χ3v) is 5.36. The molecular weight excluding hydrogens is 444 g/mol. The number of aliphatic hydroxyl groups is 1. The van der Waals surface area contributed by atoms with E-state index in [9.17, 15) is 9.90 Å². The zero-order chi connectivity index (χ0) is 24.9. The molecule has 0 aliphatic rings. The van der Waals surface area contributed by atoms with Crippen molar-refractivity contribution in [3.05, 3.63) is 66.1 Å². The van der Waals surface area contributed by atoms with Crippen LogP contribution in [-0.4, -0.2) is 48.4 Å². The van der Waals surface area contributed by atoms with Gasteiger partial charge in [-0.2, -0.15) is 10.1 Å². The number of nitrogens with one attached hydrogen (secondary N) is 3. The van der Waals surface area contributed by atoms with Gasteiger partial charge < -0.3 is 21.1 Å². The molecule has 1 atom stereocenters. The second-order valence-corrected chi connectivity index (χ2v) is 8.81. The minimum absolute atomic E-state index is 0.0577. The molecule has 10 nitrogen and oxygen atoms in total. The van der Waals surface area contributed by atoms with E-state index in [1.54, 1.807) is 12.4 Å². The zero-order valence-corrected chi connectivity index (χ0v) is 20.2. The van der Waals surface area contributed by atoms with Gasteiger partial charge in [-0.3, -0.25) is 9.48 Å². The highest BCUT2D eigenvalue weighted by atomic mass is 16.3. The fourth-order valence-electron chi connectivity index (χ4n) is 3.68. The van der Waals surface area contributed by atoms with Gasteiger partial charge in [-0.25, -0.2) is 9.97 Å². The quantitative estimate of drug-likeness (QED) is 0.288. The third-order valence-electron chi connectivity index (χ3n) is 5.36. The van der Waals surface area contributed by atoms with Crippen LogP contribution >= 0.6 is 0 Å². The lowest BCUT2D eigenvalue weighted by molar-refractivity contribution is 0.0943. The molecule has 0 saturated heterocycles. The third kappa shape index (κ3) is 5.55. The van der Waals surface area contributed by atoms with E-state index in [1.807, 2.05) is 54.9 Å². The first-order valence-corrected chi connectivity index (χ1v) is 11.6. The number of aromatic nitrogens is 5. The number of aliphatic hydroxyl groups excluding tert-OH is 1. The number of nitrogens with zero attached hydrogens (tertiary/aromatic N) is 5.